The fourth-order valence-corrected chi connectivity index (χ4v) is 6.50. The zero-order chi connectivity index (χ0) is 23.5. The molecule has 4 atom stereocenters. The van der Waals surface area contributed by atoms with Crippen LogP contribution in [0.25, 0.3) is 0 Å². The summed E-state index contributed by atoms with van der Waals surface area (Å²) in [6.45, 7) is 11.4. The average molecular weight is 463 g/mol. The van der Waals surface area contributed by atoms with Crippen LogP contribution in [0.4, 0.5) is 0 Å². The van der Waals surface area contributed by atoms with E-state index >= 15 is 0 Å². The van der Waals surface area contributed by atoms with Gasteiger partial charge in [-0.15, -0.1) is 0 Å². The summed E-state index contributed by atoms with van der Waals surface area (Å²) in [4.78, 5) is 0. The molecule has 1 aliphatic carbocycles. The van der Waals surface area contributed by atoms with E-state index in [0.717, 1.165) is 29.5 Å². The third-order valence-corrected chi connectivity index (χ3v) is 12.4. The highest BCUT2D eigenvalue weighted by Gasteiger charge is 2.56. The van der Waals surface area contributed by atoms with Crippen molar-refractivity contribution in [3.8, 4) is 17.2 Å². The van der Waals surface area contributed by atoms with Crippen molar-refractivity contribution in [3.63, 3.8) is 0 Å². The monoisotopic (exact) mass is 462 g/mol. The molecule has 0 aromatic heterocycles. The van der Waals surface area contributed by atoms with Crippen LogP contribution in [0, 0.1) is 0 Å². The molecule has 6 nitrogen and oxygen atoms in total. The highest BCUT2D eigenvalue weighted by molar-refractivity contribution is 6.74. The number of ether oxygens (including phenoxy) is 4. The SMILES string of the molecule is COc1cc2c(c(OC)c1OC)[C@]13CC[C@@H](O)[C@H](C=C1[C@@H](O[Si](C)(C)C(C)(C)C)CC2)O3. The standard InChI is InChI=1S/C25H38O6Si/c1-24(2,3)32(7,8)31-18-10-9-15-13-20(27-4)22(28-5)23(29-6)21(15)25-12-11-17(26)19(30-25)14-16(18)25/h13-14,17-19,26H,9-12H2,1-8H3/t17-,18+,19+,25+/m1/s1. The van der Waals surface area contributed by atoms with E-state index in [4.69, 9.17) is 23.4 Å². The van der Waals surface area contributed by atoms with E-state index < -0.39 is 20.0 Å². The van der Waals surface area contributed by atoms with Gasteiger partial charge in [0.05, 0.1) is 33.5 Å². The van der Waals surface area contributed by atoms with Crippen molar-refractivity contribution in [2.75, 3.05) is 21.3 Å². The number of hydrogen-bond donors (Lipinski definition) is 1. The molecule has 0 unspecified atom stereocenters. The predicted octanol–water partition coefficient (Wildman–Crippen LogP) is 4.72. The zero-order valence-corrected chi connectivity index (χ0v) is 21.7. The van der Waals surface area contributed by atoms with Crippen molar-refractivity contribution >= 4 is 8.32 Å². The molecule has 0 saturated carbocycles. The molecule has 1 N–H and O–H groups in total. The van der Waals surface area contributed by atoms with Gasteiger partial charge in [0.1, 0.15) is 11.7 Å². The molecule has 1 saturated heterocycles. The number of aryl methyl sites for hydroxylation is 1. The molecule has 1 aromatic rings. The van der Waals surface area contributed by atoms with E-state index in [1.807, 2.05) is 0 Å². The van der Waals surface area contributed by atoms with Crippen molar-refractivity contribution in [2.24, 2.45) is 0 Å². The molecule has 1 spiro atoms. The molecular weight excluding hydrogens is 424 g/mol. The molecule has 7 heteroatoms. The first-order valence-corrected chi connectivity index (χ1v) is 14.5. The van der Waals surface area contributed by atoms with Gasteiger partial charge in [-0.25, -0.2) is 0 Å². The summed E-state index contributed by atoms with van der Waals surface area (Å²) in [5.41, 5.74) is 2.57. The Balaban J connectivity index is 1.90. The Morgan fingerprint density at radius 2 is 1.75 bits per heavy atom. The second-order valence-corrected chi connectivity index (χ2v) is 15.5. The molecule has 178 valence electrons. The number of benzene rings is 1. The zero-order valence-electron chi connectivity index (χ0n) is 20.7. The first kappa shape index (κ1) is 23.6. The molecule has 2 aliphatic heterocycles. The van der Waals surface area contributed by atoms with Gasteiger partial charge in [0.15, 0.2) is 19.8 Å². The lowest BCUT2D eigenvalue weighted by Gasteiger charge is -2.43. The van der Waals surface area contributed by atoms with Crippen molar-refractivity contribution in [1.29, 1.82) is 0 Å². The minimum Gasteiger partial charge on any atom is -0.493 e. The molecule has 0 radical (unpaired) electrons. The minimum absolute atomic E-state index is 0.0692. The molecule has 32 heavy (non-hydrogen) atoms. The van der Waals surface area contributed by atoms with E-state index in [1.165, 1.54) is 0 Å². The van der Waals surface area contributed by atoms with Crippen LogP contribution < -0.4 is 14.2 Å². The summed E-state index contributed by atoms with van der Waals surface area (Å²) in [5.74, 6) is 1.88. The Hall–Kier alpha value is -1.54. The maximum absolute atomic E-state index is 10.6. The Morgan fingerprint density at radius 1 is 1.06 bits per heavy atom. The van der Waals surface area contributed by atoms with Crippen LogP contribution in [0.15, 0.2) is 17.7 Å². The Bertz CT molecular complexity index is 918. The van der Waals surface area contributed by atoms with Gasteiger partial charge in [0, 0.05) is 5.56 Å². The predicted molar refractivity (Wildman–Crippen MR) is 126 cm³/mol. The van der Waals surface area contributed by atoms with Gasteiger partial charge in [-0.2, -0.15) is 0 Å². The first-order chi connectivity index (χ1) is 15.0. The fraction of sp³-hybridized carbons (Fsp3) is 0.680. The van der Waals surface area contributed by atoms with Crippen molar-refractivity contribution in [1.82, 2.24) is 0 Å². The number of fused-ring (bicyclic) bond motifs is 2. The second kappa shape index (κ2) is 8.04. The topological polar surface area (TPSA) is 66.4 Å². The van der Waals surface area contributed by atoms with E-state index in [2.05, 4.69) is 46.0 Å². The van der Waals surface area contributed by atoms with E-state index in [1.54, 1.807) is 21.3 Å². The van der Waals surface area contributed by atoms with E-state index in [0.29, 0.717) is 30.1 Å². The van der Waals surface area contributed by atoms with Crippen molar-refractivity contribution < 1.29 is 28.5 Å². The van der Waals surface area contributed by atoms with E-state index in [-0.39, 0.29) is 17.2 Å². The largest absolute Gasteiger partial charge is 0.493 e. The fourth-order valence-electron chi connectivity index (χ4n) is 5.19. The van der Waals surface area contributed by atoms with Gasteiger partial charge in [-0.05, 0) is 67.1 Å². The van der Waals surface area contributed by atoms with Crippen LogP contribution >= 0.6 is 0 Å². The lowest BCUT2D eigenvalue weighted by Crippen LogP contribution is -2.47. The Morgan fingerprint density at radius 3 is 2.34 bits per heavy atom. The van der Waals surface area contributed by atoms with E-state index in [9.17, 15) is 5.11 Å². The summed E-state index contributed by atoms with van der Waals surface area (Å²) in [7, 11) is 2.90. The summed E-state index contributed by atoms with van der Waals surface area (Å²) in [6, 6.07) is 2.06. The molecule has 0 amide bonds. The van der Waals surface area contributed by atoms with Gasteiger partial charge in [-0.3, -0.25) is 0 Å². The lowest BCUT2D eigenvalue weighted by molar-refractivity contribution is -0.130. The van der Waals surface area contributed by atoms with Crippen LogP contribution in [0.3, 0.4) is 0 Å². The summed E-state index contributed by atoms with van der Waals surface area (Å²) >= 11 is 0. The van der Waals surface area contributed by atoms with Crippen molar-refractivity contribution in [3.05, 3.63) is 28.8 Å². The molecule has 2 bridgehead atoms. The summed E-state index contributed by atoms with van der Waals surface area (Å²) in [6.07, 6.45) is 4.21. The molecule has 3 aliphatic rings. The van der Waals surface area contributed by atoms with Gasteiger partial charge in [0.2, 0.25) is 5.75 Å². The number of aliphatic hydroxyl groups excluding tert-OH is 1. The Kier molecular flexibility index (Phi) is 5.93. The van der Waals surface area contributed by atoms with Crippen LogP contribution in [0.2, 0.25) is 18.1 Å². The number of methoxy groups -OCH3 is 3. The van der Waals surface area contributed by atoms with Crippen LogP contribution in [-0.2, 0) is 21.2 Å². The summed E-state index contributed by atoms with van der Waals surface area (Å²) < 4.78 is 31.0. The van der Waals surface area contributed by atoms with Crippen LogP contribution in [-0.4, -0.2) is 53.1 Å². The Labute approximate surface area is 193 Å². The molecule has 1 fully saturated rings. The van der Waals surface area contributed by atoms with Gasteiger partial charge >= 0.3 is 0 Å². The summed E-state index contributed by atoms with van der Waals surface area (Å²) in [5, 5.41) is 10.7. The van der Waals surface area contributed by atoms with Gasteiger partial charge in [0.25, 0.3) is 0 Å². The third-order valence-electron chi connectivity index (χ3n) is 7.90. The molecule has 1 aromatic carbocycles. The quantitative estimate of drug-likeness (QED) is 0.504. The van der Waals surface area contributed by atoms with Gasteiger partial charge < -0.3 is 28.5 Å². The average Bonchev–Trinajstić information content (AvgIpc) is 3.01. The third kappa shape index (κ3) is 3.49. The minimum atomic E-state index is -2.04. The maximum Gasteiger partial charge on any atom is 0.203 e. The number of rotatable bonds is 5. The molecule has 4 rings (SSSR count). The maximum atomic E-state index is 10.6. The first-order valence-electron chi connectivity index (χ1n) is 11.6. The normalized spacial score (nSPS) is 29.5. The number of aliphatic hydroxyl groups is 1. The lowest BCUT2D eigenvalue weighted by atomic mass is 9.79. The van der Waals surface area contributed by atoms with Crippen LogP contribution in [0.5, 0.6) is 17.2 Å². The van der Waals surface area contributed by atoms with Crippen molar-refractivity contribution in [2.45, 2.75) is 88.5 Å². The molecular formula is C25H38O6Si. The smallest absolute Gasteiger partial charge is 0.203 e. The number of hydrogen-bond acceptors (Lipinski definition) is 6. The molecule has 2 heterocycles. The highest BCUT2D eigenvalue weighted by atomic mass is 28.4. The second-order valence-electron chi connectivity index (χ2n) is 10.7. The van der Waals surface area contributed by atoms with Crippen LogP contribution in [0.1, 0.15) is 51.2 Å². The highest BCUT2D eigenvalue weighted by Crippen LogP contribution is 2.59. The van der Waals surface area contributed by atoms with Gasteiger partial charge in [-0.1, -0.05) is 20.8 Å².